The predicted molar refractivity (Wildman–Crippen MR) is 57.7 cm³/mol. The van der Waals surface area contributed by atoms with Gasteiger partial charge in [0, 0.05) is 5.56 Å². The second kappa shape index (κ2) is 3.46. The van der Waals surface area contributed by atoms with Gasteiger partial charge in [0.05, 0.1) is 10.2 Å². The summed E-state index contributed by atoms with van der Waals surface area (Å²) >= 11 is 1.43. The normalized spacial score (nSPS) is 10.8. The Labute approximate surface area is 93.5 Å². The van der Waals surface area contributed by atoms with Crippen molar-refractivity contribution in [1.82, 2.24) is 25.2 Å². The lowest BCUT2D eigenvalue weighted by atomic mass is 10.2. The number of aromatic nitrogens is 5. The van der Waals surface area contributed by atoms with Gasteiger partial charge in [0.15, 0.2) is 0 Å². The third-order valence-electron chi connectivity index (χ3n) is 2.08. The topological polar surface area (TPSA) is 73.6 Å². The standard InChI is InChI=1S/C9H5N5OS/c15-4-6-1-2-7-8(3-6)16-9(11-7)14-5-10-12-13-14/h1-5H. The van der Waals surface area contributed by atoms with E-state index in [1.54, 1.807) is 12.1 Å². The summed E-state index contributed by atoms with van der Waals surface area (Å²) in [7, 11) is 0. The largest absolute Gasteiger partial charge is 0.298 e. The fourth-order valence-electron chi connectivity index (χ4n) is 1.35. The SMILES string of the molecule is O=Cc1ccc2nc(-n3cnnn3)sc2c1. The van der Waals surface area contributed by atoms with Gasteiger partial charge in [-0.1, -0.05) is 11.3 Å². The van der Waals surface area contributed by atoms with Crippen LogP contribution in [0, 0.1) is 0 Å². The molecule has 1 aromatic carbocycles. The highest BCUT2D eigenvalue weighted by molar-refractivity contribution is 7.20. The summed E-state index contributed by atoms with van der Waals surface area (Å²) in [5, 5.41) is 11.5. The van der Waals surface area contributed by atoms with Crippen LogP contribution in [-0.2, 0) is 0 Å². The quantitative estimate of drug-likeness (QED) is 0.617. The molecule has 0 fully saturated rings. The highest BCUT2D eigenvalue weighted by Crippen LogP contribution is 2.24. The van der Waals surface area contributed by atoms with Crippen LogP contribution in [0.1, 0.15) is 10.4 Å². The molecule has 0 saturated heterocycles. The molecule has 3 aromatic rings. The predicted octanol–water partition coefficient (Wildman–Crippen LogP) is 1.08. The van der Waals surface area contributed by atoms with Crippen molar-refractivity contribution in [3.05, 3.63) is 30.1 Å². The van der Waals surface area contributed by atoms with Crippen molar-refractivity contribution < 1.29 is 4.79 Å². The zero-order chi connectivity index (χ0) is 11.0. The van der Waals surface area contributed by atoms with E-state index in [1.165, 1.54) is 22.3 Å². The first-order chi connectivity index (χ1) is 7.86. The molecule has 16 heavy (non-hydrogen) atoms. The number of hydrogen-bond acceptors (Lipinski definition) is 6. The fourth-order valence-corrected chi connectivity index (χ4v) is 2.28. The van der Waals surface area contributed by atoms with Crippen molar-refractivity contribution in [1.29, 1.82) is 0 Å². The molecule has 7 heteroatoms. The maximum Gasteiger partial charge on any atom is 0.214 e. The van der Waals surface area contributed by atoms with Gasteiger partial charge in [0.25, 0.3) is 0 Å². The van der Waals surface area contributed by atoms with Gasteiger partial charge in [0.2, 0.25) is 5.13 Å². The van der Waals surface area contributed by atoms with E-state index in [1.807, 2.05) is 6.07 Å². The molecule has 0 radical (unpaired) electrons. The fraction of sp³-hybridized carbons (Fsp3) is 0. The molecule has 0 bridgehead atoms. The Morgan fingerprint density at radius 2 is 2.31 bits per heavy atom. The van der Waals surface area contributed by atoms with E-state index >= 15 is 0 Å². The van der Waals surface area contributed by atoms with Crippen LogP contribution in [-0.4, -0.2) is 31.5 Å². The van der Waals surface area contributed by atoms with E-state index in [0.717, 1.165) is 16.5 Å². The highest BCUT2D eigenvalue weighted by atomic mass is 32.1. The summed E-state index contributed by atoms with van der Waals surface area (Å²) in [4.78, 5) is 15.0. The van der Waals surface area contributed by atoms with Gasteiger partial charge in [-0.25, -0.2) is 4.98 Å². The second-order valence-corrected chi connectivity index (χ2v) is 4.10. The van der Waals surface area contributed by atoms with E-state index in [0.29, 0.717) is 10.7 Å². The van der Waals surface area contributed by atoms with Crippen LogP contribution in [0.5, 0.6) is 0 Å². The molecule has 0 N–H and O–H groups in total. The molecule has 0 atom stereocenters. The number of hydrogen-bond donors (Lipinski definition) is 0. The molecule has 0 saturated carbocycles. The molecule has 0 amide bonds. The molecule has 2 heterocycles. The summed E-state index contributed by atoms with van der Waals surface area (Å²) in [6, 6.07) is 5.34. The average molecular weight is 231 g/mol. The number of fused-ring (bicyclic) bond motifs is 1. The minimum atomic E-state index is 0.638. The Balaban J connectivity index is 2.19. The molecule has 0 unspecified atom stereocenters. The lowest BCUT2D eigenvalue weighted by Crippen LogP contribution is -1.92. The molecule has 2 aromatic heterocycles. The number of tetrazole rings is 1. The first kappa shape index (κ1) is 9.10. The minimum Gasteiger partial charge on any atom is -0.298 e. The number of aldehydes is 1. The van der Waals surface area contributed by atoms with Gasteiger partial charge in [-0.15, -0.1) is 5.10 Å². The van der Waals surface area contributed by atoms with E-state index in [2.05, 4.69) is 20.5 Å². The molecule has 0 spiro atoms. The zero-order valence-corrected chi connectivity index (χ0v) is 8.76. The molecule has 0 aliphatic carbocycles. The molecule has 0 aliphatic heterocycles. The summed E-state index contributed by atoms with van der Waals surface area (Å²) in [5.41, 5.74) is 1.47. The Morgan fingerprint density at radius 1 is 1.38 bits per heavy atom. The number of carbonyl (C=O) groups is 1. The molecule has 0 aliphatic rings. The van der Waals surface area contributed by atoms with E-state index < -0.39 is 0 Å². The van der Waals surface area contributed by atoms with Gasteiger partial charge < -0.3 is 0 Å². The first-order valence-corrected chi connectivity index (χ1v) is 5.27. The van der Waals surface area contributed by atoms with Gasteiger partial charge in [-0.05, 0) is 28.6 Å². The van der Waals surface area contributed by atoms with Gasteiger partial charge in [0.1, 0.15) is 12.6 Å². The van der Waals surface area contributed by atoms with Gasteiger partial charge >= 0.3 is 0 Å². The summed E-state index contributed by atoms with van der Waals surface area (Å²) in [5.74, 6) is 0. The van der Waals surface area contributed by atoms with Crippen molar-refractivity contribution in [2.75, 3.05) is 0 Å². The third kappa shape index (κ3) is 1.38. The van der Waals surface area contributed by atoms with Crippen LogP contribution in [0.2, 0.25) is 0 Å². The van der Waals surface area contributed by atoms with Crippen LogP contribution < -0.4 is 0 Å². The smallest absolute Gasteiger partial charge is 0.214 e. The Hall–Kier alpha value is -2.15. The summed E-state index contributed by atoms with van der Waals surface area (Å²) < 4.78 is 2.43. The molecular formula is C9H5N5OS. The Bertz CT molecular complexity index is 645. The highest BCUT2D eigenvalue weighted by Gasteiger charge is 2.06. The minimum absolute atomic E-state index is 0.638. The van der Waals surface area contributed by atoms with E-state index in [-0.39, 0.29) is 0 Å². The number of nitrogens with zero attached hydrogens (tertiary/aromatic N) is 5. The number of carbonyl (C=O) groups excluding carboxylic acids is 1. The van der Waals surface area contributed by atoms with Crippen molar-refractivity contribution in [2.24, 2.45) is 0 Å². The molecule has 78 valence electrons. The Kier molecular flexibility index (Phi) is 1.97. The van der Waals surface area contributed by atoms with E-state index in [4.69, 9.17) is 0 Å². The third-order valence-corrected chi connectivity index (χ3v) is 3.09. The Morgan fingerprint density at radius 3 is 3.06 bits per heavy atom. The monoisotopic (exact) mass is 231 g/mol. The van der Waals surface area contributed by atoms with Crippen LogP contribution in [0.3, 0.4) is 0 Å². The van der Waals surface area contributed by atoms with Crippen molar-refractivity contribution in [2.45, 2.75) is 0 Å². The lowest BCUT2D eigenvalue weighted by molar-refractivity contribution is 0.112. The zero-order valence-electron chi connectivity index (χ0n) is 7.94. The molecule has 3 rings (SSSR count). The first-order valence-electron chi connectivity index (χ1n) is 4.46. The number of benzene rings is 1. The lowest BCUT2D eigenvalue weighted by Gasteiger charge is -1.87. The van der Waals surface area contributed by atoms with Crippen LogP contribution in [0.25, 0.3) is 15.3 Å². The number of thiazole rings is 1. The van der Waals surface area contributed by atoms with Gasteiger partial charge in [-0.2, -0.15) is 4.68 Å². The molecular weight excluding hydrogens is 226 g/mol. The van der Waals surface area contributed by atoms with Crippen LogP contribution in [0.15, 0.2) is 24.5 Å². The maximum atomic E-state index is 10.6. The van der Waals surface area contributed by atoms with E-state index in [9.17, 15) is 4.79 Å². The summed E-state index contributed by atoms with van der Waals surface area (Å²) in [6.45, 7) is 0. The van der Waals surface area contributed by atoms with Crippen LogP contribution in [0.4, 0.5) is 0 Å². The average Bonchev–Trinajstić information content (AvgIpc) is 2.96. The second-order valence-electron chi connectivity index (χ2n) is 3.10. The summed E-state index contributed by atoms with van der Waals surface area (Å²) in [6.07, 6.45) is 2.30. The maximum absolute atomic E-state index is 10.6. The van der Waals surface area contributed by atoms with Crippen molar-refractivity contribution in [3.8, 4) is 5.13 Å². The van der Waals surface area contributed by atoms with Gasteiger partial charge in [-0.3, -0.25) is 4.79 Å². The van der Waals surface area contributed by atoms with Crippen LogP contribution >= 0.6 is 11.3 Å². The number of rotatable bonds is 2. The van der Waals surface area contributed by atoms with Crippen molar-refractivity contribution in [3.63, 3.8) is 0 Å². The molecule has 6 nitrogen and oxygen atoms in total. The van der Waals surface area contributed by atoms with Crippen molar-refractivity contribution >= 4 is 27.8 Å².